The van der Waals surface area contributed by atoms with Gasteiger partial charge >= 0.3 is 12.0 Å². The minimum atomic E-state index is -0.895. The molecule has 1 fully saturated rings. The van der Waals surface area contributed by atoms with Gasteiger partial charge in [-0.15, -0.1) is 0 Å². The number of carboxylic acid groups (broad SMARTS) is 1. The number of nitrogens with zero attached hydrogens (tertiary/aromatic N) is 1. The van der Waals surface area contributed by atoms with Crippen LogP contribution in [0, 0.1) is 0 Å². The molecule has 0 spiro atoms. The fourth-order valence-corrected chi connectivity index (χ4v) is 2.61. The largest absolute Gasteiger partial charge is 0.480 e. The van der Waals surface area contributed by atoms with E-state index >= 15 is 0 Å². The Morgan fingerprint density at radius 3 is 2.63 bits per heavy atom. The molecule has 0 saturated carbocycles. The van der Waals surface area contributed by atoms with Crippen LogP contribution < -0.4 is 5.32 Å². The Morgan fingerprint density at radius 2 is 2.05 bits per heavy atom. The lowest BCUT2D eigenvalue weighted by Crippen LogP contribution is -2.49. The third-order valence-electron chi connectivity index (χ3n) is 3.67. The first-order chi connectivity index (χ1) is 9.10. The summed E-state index contributed by atoms with van der Waals surface area (Å²) in [7, 11) is 0. The van der Waals surface area contributed by atoms with Crippen LogP contribution in [0.25, 0.3) is 0 Å². The van der Waals surface area contributed by atoms with Gasteiger partial charge in [-0.1, -0.05) is 33.1 Å². The lowest BCUT2D eigenvalue weighted by Gasteiger charge is -2.25. The molecule has 2 N–H and O–H groups in total. The van der Waals surface area contributed by atoms with E-state index in [0.29, 0.717) is 13.0 Å². The van der Waals surface area contributed by atoms with Crippen molar-refractivity contribution in [1.29, 1.82) is 0 Å². The second kappa shape index (κ2) is 8.02. The molecule has 0 aliphatic carbocycles. The van der Waals surface area contributed by atoms with Crippen molar-refractivity contribution in [3.8, 4) is 0 Å². The molecule has 0 aromatic heterocycles. The quantitative estimate of drug-likeness (QED) is 0.747. The molecule has 0 radical (unpaired) electrons. The van der Waals surface area contributed by atoms with E-state index in [4.69, 9.17) is 5.11 Å². The lowest BCUT2D eigenvalue weighted by molar-refractivity contribution is -0.141. The van der Waals surface area contributed by atoms with Gasteiger partial charge in [0, 0.05) is 12.6 Å². The van der Waals surface area contributed by atoms with E-state index in [1.54, 1.807) is 0 Å². The highest BCUT2D eigenvalue weighted by molar-refractivity contribution is 5.83. The van der Waals surface area contributed by atoms with Crippen molar-refractivity contribution in [2.24, 2.45) is 0 Å². The number of nitrogens with one attached hydrogen (secondary N) is 1. The van der Waals surface area contributed by atoms with Crippen molar-refractivity contribution in [2.75, 3.05) is 6.54 Å². The Morgan fingerprint density at radius 1 is 1.32 bits per heavy atom. The van der Waals surface area contributed by atoms with E-state index in [2.05, 4.69) is 19.2 Å². The van der Waals surface area contributed by atoms with Crippen molar-refractivity contribution in [1.82, 2.24) is 10.2 Å². The number of aliphatic carboxylic acids is 1. The van der Waals surface area contributed by atoms with E-state index in [9.17, 15) is 9.59 Å². The SMILES string of the molecule is CCCCC(CCC)NC(=O)N1CCCC1C(=O)O. The van der Waals surface area contributed by atoms with Gasteiger partial charge in [-0.25, -0.2) is 9.59 Å². The van der Waals surface area contributed by atoms with Crippen LogP contribution in [0.3, 0.4) is 0 Å². The minimum Gasteiger partial charge on any atom is -0.480 e. The number of carboxylic acids is 1. The van der Waals surface area contributed by atoms with Crippen molar-refractivity contribution in [3.05, 3.63) is 0 Å². The molecular formula is C14H26N2O3. The maximum atomic E-state index is 12.2. The molecule has 1 rings (SSSR count). The molecule has 0 aromatic carbocycles. The summed E-state index contributed by atoms with van der Waals surface area (Å²) in [4.78, 5) is 24.7. The Balaban J connectivity index is 2.52. The number of carbonyl (C=O) groups is 2. The number of unbranched alkanes of at least 4 members (excludes halogenated alkanes) is 1. The first kappa shape index (κ1) is 15.8. The van der Waals surface area contributed by atoms with E-state index in [0.717, 1.165) is 38.5 Å². The topological polar surface area (TPSA) is 69.6 Å². The second-order valence-electron chi connectivity index (χ2n) is 5.27. The summed E-state index contributed by atoms with van der Waals surface area (Å²) in [6.45, 7) is 4.78. The summed E-state index contributed by atoms with van der Waals surface area (Å²) in [5.41, 5.74) is 0. The minimum absolute atomic E-state index is 0.174. The van der Waals surface area contributed by atoms with Crippen molar-refractivity contribution < 1.29 is 14.7 Å². The van der Waals surface area contributed by atoms with E-state index in [1.807, 2.05) is 0 Å². The summed E-state index contributed by atoms with van der Waals surface area (Å²) in [6.07, 6.45) is 6.49. The van der Waals surface area contributed by atoms with Crippen LogP contribution in [0.1, 0.15) is 58.8 Å². The van der Waals surface area contributed by atoms with Gasteiger partial charge in [0.05, 0.1) is 0 Å². The third-order valence-corrected chi connectivity index (χ3v) is 3.67. The number of amides is 2. The van der Waals surface area contributed by atoms with Gasteiger partial charge in [0.15, 0.2) is 0 Å². The summed E-state index contributed by atoms with van der Waals surface area (Å²) < 4.78 is 0. The van der Waals surface area contributed by atoms with E-state index in [1.165, 1.54) is 4.90 Å². The highest BCUT2D eigenvalue weighted by Gasteiger charge is 2.34. The standard InChI is InChI=1S/C14H26N2O3/c1-3-5-8-11(7-4-2)15-14(19)16-10-6-9-12(16)13(17)18/h11-12H,3-10H2,1-2H3,(H,15,19)(H,17,18). The number of hydrogen-bond acceptors (Lipinski definition) is 2. The van der Waals surface area contributed by atoms with E-state index < -0.39 is 12.0 Å². The second-order valence-corrected chi connectivity index (χ2v) is 5.27. The number of rotatable bonds is 7. The maximum Gasteiger partial charge on any atom is 0.326 e. The molecule has 5 nitrogen and oxygen atoms in total. The van der Waals surface area contributed by atoms with Gasteiger partial charge in [0.2, 0.25) is 0 Å². The molecule has 0 aromatic rings. The molecule has 1 heterocycles. The zero-order chi connectivity index (χ0) is 14.3. The van der Waals surface area contributed by atoms with Crippen LogP contribution in [-0.2, 0) is 4.79 Å². The number of carbonyl (C=O) groups excluding carboxylic acids is 1. The van der Waals surface area contributed by atoms with Gasteiger partial charge in [0.1, 0.15) is 6.04 Å². The Bertz CT molecular complexity index is 307. The molecule has 0 bridgehead atoms. The van der Waals surface area contributed by atoms with Crippen LogP contribution in [0.5, 0.6) is 0 Å². The first-order valence-corrected chi connectivity index (χ1v) is 7.40. The third kappa shape index (κ3) is 4.73. The molecule has 110 valence electrons. The normalized spacial score (nSPS) is 20.3. The van der Waals surface area contributed by atoms with Gasteiger partial charge in [-0.2, -0.15) is 0 Å². The predicted octanol–water partition coefficient (Wildman–Crippen LogP) is 2.60. The van der Waals surface area contributed by atoms with E-state index in [-0.39, 0.29) is 12.1 Å². The molecule has 1 aliphatic rings. The van der Waals surface area contributed by atoms with Crippen LogP contribution >= 0.6 is 0 Å². The average molecular weight is 270 g/mol. The highest BCUT2D eigenvalue weighted by Crippen LogP contribution is 2.18. The van der Waals surface area contributed by atoms with Crippen LogP contribution in [-0.4, -0.2) is 40.6 Å². The Labute approximate surface area is 115 Å². The monoisotopic (exact) mass is 270 g/mol. The van der Waals surface area contributed by atoms with Crippen molar-refractivity contribution in [2.45, 2.75) is 70.9 Å². The molecule has 5 heteroatoms. The number of likely N-dealkylation sites (tertiary alicyclic amines) is 1. The maximum absolute atomic E-state index is 12.2. The smallest absolute Gasteiger partial charge is 0.326 e. The number of hydrogen-bond donors (Lipinski definition) is 2. The molecule has 19 heavy (non-hydrogen) atoms. The molecule has 2 unspecified atom stereocenters. The Hall–Kier alpha value is -1.26. The molecule has 1 aliphatic heterocycles. The molecule has 1 saturated heterocycles. The van der Waals surface area contributed by atoms with Gasteiger partial charge < -0.3 is 15.3 Å². The average Bonchev–Trinajstić information content (AvgIpc) is 2.85. The highest BCUT2D eigenvalue weighted by atomic mass is 16.4. The Kier molecular flexibility index (Phi) is 6.67. The molecular weight excluding hydrogens is 244 g/mol. The summed E-state index contributed by atoms with van der Waals surface area (Å²) >= 11 is 0. The molecule has 2 amide bonds. The number of urea groups is 1. The van der Waals surface area contributed by atoms with Crippen LogP contribution in [0.15, 0.2) is 0 Å². The lowest BCUT2D eigenvalue weighted by atomic mass is 10.1. The van der Waals surface area contributed by atoms with Gasteiger partial charge in [-0.3, -0.25) is 0 Å². The zero-order valence-corrected chi connectivity index (χ0v) is 12.0. The fourth-order valence-electron chi connectivity index (χ4n) is 2.61. The van der Waals surface area contributed by atoms with Crippen LogP contribution in [0.2, 0.25) is 0 Å². The summed E-state index contributed by atoms with van der Waals surface area (Å²) in [5, 5.41) is 12.1. The van der Waals surface area contributed by atoms with Crippen molar-refractivity contribution in [3.63, 3.8) is 0 Å². The summed E-state index contributed by atoms with van der Waals surface area (Å²) in [6, 6.07) is -0.680. The molecule has 2 atom stereocenters. The zero-order valence-electron chi connectivity index (χ0n) is 12.0. The first-order valence-electron chi connectivity index (χ1n) is 7.40. The van der Waals surface area contributed by atoms with Crippen molar-refractivity contribution >= 4 is 12.0 Å². The fraction of sp³-hybridized carbons (Fsp3) is 0.857. The summed E-state index contributed by atoms with van der Waals surface area (Å²) in [5.74, 6) is -0.895. The van der Waals surface area contributed by atoms with Crippen LogP contribution in [0.4, 0.5) is 4.79 Å². The van der Waals surface area contributed by atoms with Gasteiger partial charge in [0.25, 0.3) is 0 Å². The van der Waals surface area contributed by atoms with Gasteiger partial charge in [-0.05, 0) is 25.7 Å². The predicted molar refractivity (Wildman–Crippen MR) is 74.1 cm³/mol.